The van der Waals surface area contributed by atoms with E-state index in [1.54, 1.807) is 5.57 Å². The van der Waals surface area contributed by atoms with E-state index in [4.69, 9.17) is 0 Å². The van der Waals surface area contributed by atoms with E-state index in [1.807, 2.05) is 6.92 Å². The van der Waals surface area contributed by atoms with Crippen molar-refractivity contribution < 1.29 is 10.2 Å². The third-order valence-electron chi connectivity index (χ3n) is 10.9. The second kappa shape index (κ2) is 8.46. The van der Waals surface area contributed by atoms with Crippen molar-refractivity contribution in [2.24, 2.45) is 34.5 Å². The minimum Gasteiger partial charge on any atom is -0.390 e. The molecule has 31 heavy (non-hydrogen) atoms. The van der Waals surface area contributed by atoms with Crippen molar-refractivity contribution in [3.05, 3.63) is 11.6 Å². The first-order valence-electron chi connectivity index (χ1n) is 13.7. The fourth-order valence-electron chi connectivity index (χ4n) is 8.80. The van der Waals surface area contributed by atoms with E-state index in [9.17, 15) is 10.2 Å². The maximum absolute atomic E-state index is 10.7. The molecule has 0 spiro atoms. The predicted molar refractivity (Wildman–Crippen MR) is 130 cm³/mol. The second-order valence-corrected chi connectivity index (χ2v) is 13.2. The van der Waals surface area contributed by atoms with Gasteiger partial charge in [0.05, 0.1) is 11.2 Å². The van der Waals surface area contributed by atoms with Crippen molar-refractivity contribution in [3.8, 4) is 0 Å². The van der Waals surface area contributed by atoms with E-state index in [1.165, 1.54) is 57.8 Å². The van der Waals surface area contributed by atoms with Crippen molar-refractivity contribution in [1.29, 1.82) is 0 Å². The minimum atomic E-state index is -0.488. The lowest BCUT2D eigenvalue weighted by Crippen LogP contribution is -2.51. The van der Waals surface area contributed by atoms with Crippen LogP contribution < -0.4 is 0 Å². The lowest BCUT2D eigenvalue weighted by molar-refractivity contribution is -0.0665. The topological polar surface area (TPSA) is 40.5 Å². The summed E-state index contributed by atoms with van der Waals surface area (Å²) in [5.74, 6) is 3.42. The summed E-state index contributed by atoms with van der Waals surface area (Å²) in [5.41, 5.74) is 1.48. The Bertz CT molecular complexity index is 676. The normalized spacial score (nSPS) is 46.5. The van der Waals surface area contributed by atoms with E-state index in [-0.39, 0.29) is 0 Å². The van der Waals surface area contributed by atoms with Gasteiger partial charge in [0, 0.05) is 0 Å². The zero-order valence-electron chi connectivity index (χ0n) is 21.2. The van der Waals surface area contributed by atoms with E-state index in [0.717, 1.165) is 55.8 Å². The van der Waals surface area contributed by atoms with Crippen LogP contribution >= 0.6 is 0 Å². The molecule has 8 unspecified atom stereocenters. The highest BCUT2D eigenvalue weighted by Crippen LogP contribution is 2.67. The number of unbranched alkanes of at least 4 members (excludes halogenated alkanes) is 1. The van der Waals surface area contributed by atoms with Crippen LogP contribution in [0.2, 0.25) is 0 Å². The Labute approximate surface area is 192 Å². The van der Waals surface area contributed by atoms with Gasteiger partial charge in [0.1, 0.15) is 0 Å². The van der Waals surface area contributed by atoms with Gasteiger partial charge in [0.15, 0.2) is 0 Å². The van der Waals surface area contributed by atoms with E-state index >= 15 is 0 Å². The van der Waals surface area contributed by atoms with Gasteiger partial charge in [-0.3, -0.25) is 0 Å². The van der Waals surface area contributed by atoms with Crippen molar-refractivity contribution in [3.63, 3.8) is 0 Å². The van der Waals surface area contributed by atoms with Gasteiger partial charge in [-0.05, 0) is 119 Å². The molecule has 2 N–H and O–H groups in total. The summed E-state index contributed by atoms with van der Waals surface area (Å²) >= 11 is 0. The monoisotopic (exact) mass is 430 g/mol. The lowest BCUT2D eigenvalue weighted by atomic mass is 9.46. The van der Waals surface area contributed by atoms with Crippen molar-refractivity contribution in [2.45, 2.75) is 136 Å². The fraction of sp³-hybridized carbons (Fsp3) is 0.931. The maximum Gasteiger partial charge on any atom is 0.0657 e. The van der Waals surface area contributed by atoms with Crippen LogP contribution in [-0.4, -0.2) is 21.4 Å². The van der Waals surface area contributed by atoms with Gasteiger partial charge >= 0.3 is 0 Å². The fourth-order valence-corrected chi connectivity index (χ4v) is 8.80. The van der Waals surface area contributed by atoms with E-state index < -0.39 is 11.2 Å². The van der Waals surface area contributed by atoms with Crippen LogP contribution in [0.1, 0.15) is 125 Å². The molecule has 0 aromatic heterocycles. The minimum absolute atomic E-state index is 0.336. The third kappa shape index (κ3) is 4.42. The summed E-state index contributed by atoms with van der Waals surface area (Å²) in [7, 11) is 0. The Kier molecular flexibility index (Phi) is 6.50. The van der Waals surface area contributed by atoms with Gasteiger partial charge in [0.2, 0.25) is 0 Å². The number of hydrogen-bond acceptors (Lipinski definition) is 2. The molecule has 0 aromatic carbocycles. The summed E-state index contributed by atoms with van der Waals surface area (Å²) < 4.78 is 0. The molecule has 3 saturated carbocycles. The standard InChI is InChI=1S/C29H50O2/c1-6-7-15-26(2,30)16-8-9-21-11-13-24-23-12-10-22-20-27(3,31)18-19-29(22,5)25(23)14-17-28(21,24)4/h10,21,23-25,30-31H,6-9,11-20H2,1-5H3. The van der Waals surface area contributed by atoms with Crippen LogP contribution in [0.15, 0.2) is 11.6 Å². The van der Waals surface area contributed by atoms with Gasteiger partial charge in [-0.1, -0.05) is 51.7 Å². The highest BCUT2D eigenvalue weighted by molar-refractivity contribution is 5.26. The molecular weight excluding hydrogens is 380 g/mol. The van der Waals surface area contributed by atoms with Crippen LogP contribution in [0.4, 0.5) is 0 Å². The van der Waals surface area contributed by atoms with Gasteiger partial charge in [-0.2, -0.15) is 0 Å². The van der Waals surface area contributed by atoms with Crippen LogP contribution in [0, 0.1) is 34.5 Å². The Morgan fingerprint density at radius 3 is 2.48 bits per heavy atom. The van der Waals surface area contributed by atoms with Crippen molar-refractivity contribution in [1.82, 2.24) is 0 Å². The molecule has 0 aromatic rings. The molecule has 178 valence electrons. The number of allylic oxidation sites excluding steroid dienone is 1. The van der Waals surface area contributed by atoms with E-state index in [0.29, 0.717) is 10.8 Å². The molecule has 4 aliphatic carbocycles. The Morgan fingerprint density at radius 2 is 1.74 bits per heavy atom. The highest BCUT2D eigenvalue weighted by Gasteiger charge is 2.58. The smallest absolute Gasteiger partial charge is 0.0657 e. The Balaban J connectivity index is 1.41. The number of hydrogen-bond donors (Lipinski definition) is 2. The molecule has 0 aliphatic heterocycles. The molecule has 3 fully saturated rings. The molecular formula is C29H50O2. The van der Waals surface area contributed by atoms with Crippen LogP contribution in [0.3, 0.4) is 0 Å². The summed E-state index contributed by atoms with van der Waals surface area (Å²) in [5, 5.41) is 21.4. The van der Waals surface area contributed by atoms with Crippen LogP contribution in [0.25, 0.3) is 0 Å². The molecule has 0 bridgehead atoms. The molecule has 2 heteroatoms. The Hall–Kier alpha value is -0.340. The molecule has 2 nitrogen and oxygen atoms in total. The average Bonchev–Trinajstić information content (AvgIpc) is 3.03. The number of aliphatic hydroxyl groups is 2. The molecule has 4 rings (SSSR count). The second-order valence-electron chi connectivity index (χ2n) is 13.2. The largest absolute Gasteiger partial charge is 0.390 e. The summed E-state index contributed by atoms with van der Waals surface area (Å²) in [6, 6.07) is 0. The van der Waals surface area contributed by atoms with E-state index in [2.05, 4.69) is 33.8 Å². The Morgan fingerprint density at radius 1 is 1.00 bits per heavy atom. The van der Waals surface area contributed by atoms with Crippen LogP contribution in [-0.2, 0) is 0 Å². The average molecular weight is 431 g/mol. The molecule has 0 amide bonds. The predicted octanol–water partition coefficient (Wildman–Crippen LogP) is 7.43. The number of fused-ring (bicyclic) bond motifs is 5. The zero-order valence-corrected chi connectivity index (χ0v) is 21.2. The lowest BCUT2D eigenvalue weighted by Gasteiger charge is -2.59. The molecule has 8 atom stereocenters. The first-order chi connectivity index (χ1) is 14.5. The number of rotatable bonds is 7. The summed E-state index contributed by atoms with van der Waals surface area (Å²) in [6.45, 7) is 11.5. The third-order valence-corrected chi connectivity index (χ3v) is 10.9. The first kappa shape index (κ1) is 23.8. The molecule has 0 saturated heterocycles. The maximum atomic E-state index is 10.7. The quantitative estimate of drug-likeness (QED) is 0.412. The van der Waals surface area contributed by atoms with Gasteiger partial charge in [-0.15, -0.1) is 0 Å². The zero-order chi connectivity index (χ0) is 22.5. The highest BCUT2D eigenvalue weighted by atomic mass is 16.3. The summed E-state index contributed by atoms with van der Waals surface area (Å²) in [6.07, 6.45) is 19.2. The van der Waals surface area contributed by atoms with Gasteiger partial charge < -0.3 is 10.2 Å². The van der Waals surface area contributed by atoms with Crippen molar-refractivity contribution in [2.75, 3.05) is 0 Å². The van der Waals surface area contributed by atoms with Gasteiger partial charge in [0.25, 0.3) is 0 Å². The molecule has 0 radical (unpaired) electrons. The van der Waals surface area contributed by atoms with Crippen molar-refractivity contribution >= 4 is 0 Å². The van der Waals surface area contributed by atoms with Gasteiger partial charge in [-0.25, -0.2) is 0 Å². The SMILES string of the molecule is CCCCC(C)(O)CCCC1CCC2C3CC=C4CC(C)(O)CCC4(C)C3CCC12C. The van der Waals surface area contributed by atoms with Crippen LogP contribution in [0.5, 0.6) is 0 Å². The molecule has 4 aliphatic rings. The first-order valence-corrected chi connectivity index (χ1v) is 13.7. The summed E-state index contributed by atoms with van der Waals surface area (Å²) in [4.78, 5) is 0. The molecule has 0 heterocycles.